The number of carbonyl (C=O) groups is 2. The van der Waals surface area contributed by atoms with Crippen molar-refractivity contribution >= 4 is 11.6 Å². The lowest BCUT2D eigenvalue weighted by atomic mass is 9.59. The fraction of sp³-hybridized carbons (Fsp3) is 0.395. The highest BCUT2D eigenvalue weighted by Crippen LogP contribution is 2.60. The average molecular weight is 627 g/mol. The van der Waals surface area contributed by atoms with E-state index < -0.39 is 6.10 Å². The van der Waals surface area contributed by atoms with Crippen molar-refractivity contribution in [2.45, 2.75) is 83.8 Å². The van der Waals surface area contributed by atoms with Crippen molar-refractivity contribution in [1.29, 1.82) is 0 Å². The summed E-state index contributed by atoms with van der Waals surface area (Å²) < 4.78 is 5.23. The van der Waals surface area contributed by atoms with E-state index in [1.807, 2.05) is 36.4 Å². The first kappa shape index (κ1) is 31.7. The maximum absolute atomic E-state index is 12.6. The smallest absolute Gasteiger partial charge is 0.193 e. The monoisotopic (exact) mass is 626 g/mol. The van der Waals surface area contributed by atoms with E-state index in [0.29, 0.717) is 29.6 Å². The van der Waals surface area contributed by atoms with Crippen LogP contribution in [0.3, 0.4) is 0 Å². The van der Waals surface area contributed by atoms with Crippen LogP contribution in [0.25, 0.3) is 33.4 Å². The lowest BCUT2D eigenvalue weighted by Gasteiger charge is -2.44. The molecule has 47 heavy (non-hydrogen) atoms. The van der Waals surface area contributed by atoms with E-state index >= 15 is 0 Å². The molecule has 4 heteroatoms. The molecule has 1 spiro atoms. The zero-order valence-electron chi connectivity index (χ0n) is 28.1. The Balaban J connectivity index is 1.34. The van der Waals surface area contributed by atoms with Gasteiger partial charge in [0.15, 0.2) is 11.6 Å². The predicted octanol–water partition coefficient (Wildman–Crippen LogP) is 9.69. The first-order chi connectivity index (χ1) is 22.7. The molecule has 0 amide bonds. The number of ether oxygens (including phenoxy) is 1. The normalized spacial score (nSPS) is 25.9. The van der Waals surface area contributed by atoms with Crippen molar-refractivity contribution in [3.8, 4) is 33.4 Å². The molecule has 4 aromatic rings. The number of fused-ring (bicyclic) bond motifs is 5. The van der Waals surface area contributed by atoms with Crippen molar-refractivity contribution in [3.05, 3.63) is 107 Å². The molecule has 4 atom stereocenters. The maximum Gasteiger partial charge on any atom is 0.193 e. The van der Waals surface area contributed by atoms with Gasteiger partial charge < -0.3 is 9.84 Å². The van der Waals surface area contributed by atoms with Gasteiger partial charge in [-0.25, -0.2) is 0 Å². The fourth-order valence-electron chi connectivity index (χ4n) is 8.72. The first-order valence-corrected chi connectivity index (χ1v) is 17.6. The van der Waals surface area contributed by atoms with E-state index in [0.717, 1.165) is 22.6 Å². The molecule has 1 saturated carbocycles. The highest BCUT2D eigenvalue weighted by molar-refractivity contribution is 6.01. The van der Waals surface area contributed by atoms with Gasteiger partial charge in [0.1, 0.15) is 12.2 Å². The van der Waals surface area contributed by atoms with Gasteiger partial charge in [0.25, 0.3) is 0 Å². The summed E-state index contributed by atoms with van der Waals surface area (Å²) in [4.78, 5) is 25.0. The summed E-state index contributed by atoms with van der Waals surface area (Å²) in [7, 11) is 0. The van der Waals surface area contributed by atoms with Crippen molar-refractivity contribution in [1.82, 2.24) is 0 Å². The number of aliphatic hydroxyl groups is 1. The van der Waals surface area contributed by atoms with Gasteiger partial charge in [0.2, 0.25) is 0 Å². The molecule has 4 aromatic carbocycles. The van der Waals surface area contributed by atoms with Gasteiger partial charge in [0, 0.05) is 16.5 Å². The summed E-state index contributed by atoms with van der Waals surface area (Å²) in [6, 6.07) is 29.7. The van der Waals surface area contributed by atoms with Crippen LogP contribution in [-0.4, -0.2) is 35.5 Å². The van der Waals surface area contributed by atoms with Crippen LogP contribution in [0.5, 0.6) is 0 Å². The Labute approximate surface area is 279 Å². The van der Waals surface area contributed by atoms with Gasteiger partial charge in [0.05, 0.1) is 6.61 Å². The summed E-state index contributed by atoms with van der Waals surface area (Å²) in [5.41, 5.74) is 11.1. The highest BCUT2D eigenvalue weighted by Gasteiger charge is 2.50. The largest absolute Gasteiger partial charge is 0.385 e. The Hall–Kier alpha value is -3.86. The molecule has 1 saturated heterocycles. The fourth-order valence-corrected chi connectivity index (χ4v) is 8.72. The molecule has 4 nitrogen and oxygen atoms in total. The number of rotatable bonds is 6. The van der Waals surface area contributed by atoms with Crippen LogP contribution in [0.15, 0.2) is 84.9 Å². The Kier molecular flexibility index (Phi) is 8.53. The van der Waals surface area contributed by atoms with Crippen LogP contribution in [0.2, 0.25) is 0 Å². The number of ketones is 2. The van der Waals surface area contributed by atoms with E-state index in [2.05, 4.69) is 69.3 Å². The van der Waals surface area contributed by atoms with Crippen LogP contribution in [0, 0.1) is 17.8 Å². The second-order valence-electron chi connectivity index (χ2n) is 14.5. The lowest BCUT2D eigenvalue weighted by molar-refractivity contribution is 0.0779. The number of benzene rings is 4. The third kappa shape index (κ3) is 5.70. The van der Waals surface area contributed by atoms with Gasteiger partial charge in [-0.1, -0.05) is 119 Å². The molecule has 0 aromatic heterocycles. The summed E-state index contributed by atoms with van der Waals surface area (Å²) in [5.74, 6) is 1.47. The first-order valence-electron chi connectivity index (χ1n) is 17.6. The summed E-state index contributed by atoms with van der Waals surface area (Å²) in [6.45, 7) is 9.43. The molecule has 1 aliphatic heterocycles. The molecule has 7 rings (SSSR count). The molecule has 3 aliphatic rings. The van der Waals surface area contributed by atoms with E-state index in [1.54, 1.807) is 0 Å². The molecule has 2 fully saturated rings. The molecule has 4 unspecified atom stereocenters. The Morgan fingerprint density at radius 3 is 1.57 bits per heavy atom. The second-order valence-corrected chi connectivity index (χ2v) is 14.5. The van der Waals surface area contributed by atoms with E-state index in [1.165, 1.54) is 73.3 Å². The lowest BCUT2D eigenvalue weighted by Crippen LogP contribution is -2.40. The third-order valence-electron chi connectivity index (χ3n) is 11.5. The van der Waals surface area contributed by atoms with Crippen LogP contribution < -0.4 is 0 Å². The number of hydrogen-bond donors (Lipinski definition) is 1. The Morgan fingerprint density at radius 2 is 1.13 bits per heavy atom. The Bertz CT molecular complexity index is 1670. The van der Waals surface area contributed by atoms with Gasteiger partial charge in [-0.2, -0.15) is 0 Å². The maximum atomic E-state index is 12.6. The number of Topliss-reactive ketones (excluding diaryl/α,β-unsaturated/α-hetero) is 2. The minimum absolute atomic E-state index is 0.0679. The van der Waals surface area contributed by atoms with Gasteiger partial charge in [-0.05, 0) is 94.2 Å². The minimum Gasteiger partial charge on any atom is -0.385 e. The summed E-state index contributed by atoms with van der Waals surface area (Å²) >= 11 is 0. The molecule has 0 radical (unpaired) electrons. The Morgan fingerprint density at radius 1 is 0.681 bits per heavy atom. The molecule has 1 N–H and O–H groups in total. The SMILES string of the molecule is CC1CCCC(C)C2(c3cc(-c4ccc(C(=O)C(C)O)cc4)ccc3-c3ccc(-c4ccc(C(=O)C5CO5)cc4)cc32)C(C)CCC1. The third-order valence-corrected chi connectivity index (χ3v) is 11.5. The number of hydrogen-bond acceptors (Lipinski definition) is 4. The van der Waals surface area contributed by atoms with Crippen molar-refractivity contribution in [2.75, 3.05) is 6.61 Å². The van der Waals surface area contributed by atoms with Crippen LogP contribution in [-0.2, 0) is 10.2 Å². The highest BCUT2D eigenvalue weighted by atomic mass is 16.6. The van der Waals surface area contributed by atoms with Crippen molar-refractivity contribution < 1.29 is 19.4 Å². The van der Waals surface area contributed by atoms with Crippen molar-refractivity contribution in [2.24, 2.45) is 17.8 Å². The van der Waals surface area contributed by atoms with Crippen LogP contribution >= 0.6 is 0 Å². The molecule has 2 aliphatic carbocycles. The van der Waals surface area contributed by atoms with Crippen molar-refractivity contribution in [3.63, 3.8) is 0 Å². The molecular weight excluding hydrogens is 580 g/mol. The minimum atomic E-state index is -1.01. The zero-order valence-corrected chi connectivity index (χ0v) is 28.1. The summed E-state index contributed by atoms with van der Waals surface area (Å²) in [6.07, 6.45) is 6.11. The standard InChI is InChI=1S/C43H46O4/c1-26-7-5-9-27(2)43(28(3)10-6-8-26)38-23-34(30-11-15-32(16-12-30)41(45)29(4)44)19-21-36(38)37-22-20-35(24-39(37)43)31-13-17-33(18-14-31)42(46)40-25-47-40/h11-24,26-29,40,44H,5-10,25H2,1-4H3. The average Bonchev–Trinajstić information content (AvgIpc) is 3.89. The molecular formula is C43H46O4. The topological polar surface area (TPSA) is 66.9 Å². The summed E-state index contributed by atoms with van der Waals surface area (Å²) in [5, 5.41) is 9.82. The number of carbonyl (C=O) groups excluding carboxylic acids is 2. The van der Waals surface area contributed by atoms with Crippen LogP contribution in [0.4, 0.5) is 0 Å². The van der Waals surface area contributed by atoms with E-state index in [-0.39, 0.29) is 23.1 Å². The molecule has 242 valence electrons. The molecule has 0 bridgehead atoms. The van der Waals surface area contributed by atoms with Gasteiger partial charge >= 0.3 is 0 Å². The van der Waals surface area contributed by atoms with Gasteiger partial charge in [-0.3, -0.25) is 9.59 Å². The quantitative estimate of drug-likeness (QED) is 0.171. The zero-order chi connectivity index (χ0) is 32.9. The molecule has 1 heterocycles. The van der Waals surface area contributed by atoms with Gasteiger partial charge in [-0.15, -0.1) is 0 Å². The number of aliphatic hydroxyl groups excluding tert-OH is 1. The van der Waals surface area contributed by atoms with E-state index in [4.69, 9.17) is 4.74 Å². The second kappa shape index (κ2) is 12.6. The predicted molar refractivity (Wildman–Crippen MR) is 189 cm³/mol. The van der Waals surface area contributed by atoms with Crippen LogP contribution in [0.1, 0.15) is 98.1 Å². The number of epoxide rings is 1. The van der Waals surface area contributed by atoms with E-state index in [9.17, 15) is 14.7 Å².